The van der Waals surface area contributed by atoms with Crippen LogP contribution < -0.4 is 0 Å². The third kappa shape index (κ3) is 4.62. The first kappa shape index (κ1) is 13.7. The smallest absolute Gasteiger partial charge is 0.132 e. The Morgan fingerprint density at radius 1 is 1.38 bits per heavy atom. The molecule has 0 saturated heterocycles. The Kier molecular flexibility index (Phi) is 5.42. The van der Waals surface area contributed by atoms with Crippen LogP contribution in [0.2, 0.25) is 0 Å². The van der Waals surface area contributed by atoms with Crippen LogP contribution in [0.1, 0.15) is 51.9 Å². The Bertz CT molecular complexity index is 222. The van der Waals surface area contributed by atoms with E-state index in [1.807, 2.05) is 14.0 Å². The van der Waals surface area contributed by atoms with Gasteiger partial charge in [0.05, 0.1) is 5.60 Å². The molecule has 0 amide bonds. The van der Waals surface area contributed by atoms with Gasteiger partial charge in [0.2, 0.25) is 0 Å². The molecular formula is C13H25NO2. The van der Waals surface area contributed by atoms with Gasteiger partial charge in [-0.15, -0.1) is 0 Å². The Balaban J connectivity index is 2.15. The highest BCUT2D eigenvalue weighted by molar-refractivity contribution is 5.77. The molecule has 0 bridgehead atoms. The predicted octanol–water partition coefficient (Wildman–Crippen LogP) is 1.98. The molecule has 0 aromatic carbocycles. The molecule has 1 rings (SSSR count). The number of hydrogen-bond donors (Lipinski definition) is 1. The van der Waals surface area contributed by atoms with E-state index in [0.29, 0.717) is 18.6 Å². The van der Waals surface area contributed by atoms with Crippen molar-refractivity contribution < 1.29 is 9.90 Å². The lowest BCUT2D eigenvalue weighted by atomic mass is 10.0. The van der Waals surface area contributed by atoms with Gasteiger partial charge in [-0.25, -0.2) is 0 Å². The maximum Gasteiger partial charge on any atom is 0.132 e. The van der Waals surface area contributed by atoms with Gasteiger partial charge in [0.25, 0.3) is 0 Å². The minimum atomic E-state index is -0.455. The Hall–Kier alpha value is -0.410. The van der Waals surface area contributed by atoms with Crippen LogP contribution >= 0.6 is 0 Å². The van der Waals surface area contributed by atoms with Crippen molar-refractivity contribution in [1.29, 1.82) is 0 Å². The number of Topliss-reactive ketones (excluding diaryl/α,β-unsaturated/α-hetero) is 1. The highest BCUT2D eigenvalue weighted by Crippen LogP contribution is 2.29. The fraction of sp³-hybridized carbons (Fsp3) is 0.923. The molecule has 0 aromatic rings. The van der Waals surface area contributed by atoms with Gasteiger partial charge < -0.3 is 10.0 Å². The van der Waals surface area contributed by atoms with Gasteiger partial charge in [0.15, 0.2) is 0 Å². The largest absolute Gasteiger partial charge is 0.389 e. The molecule has 1 N–H and O–H groups in total. The summed E-state index contributed by atoms with van der Waals surface area (Å²) in [5.41, 5.74) is -0.455. The molecule has 0 unspecified atom stereocenters. The molecule has 0 aliphatic heterocycles. The average molecular weight is 227 g/mol. The number of rotatable bonds is 7. The predicted molar refractivity (Wildman–Crippen MR) is 65.4 cm³/mol. The van der Waals surface area contributed by atoms with Crippen LogP contribution in [0.15, 0.2) is 0 Å². The summed E-state index contributed by atoms with van der Waals surface area (Å²) < 4.78 is 0. The number of nitrogens with zero attached hydrogens (tertiary/aromatic N) is 1. The van der Waals surface area contributed by atoms with Crippen LogP contribution in [0.3, 0.4) is 0 Å². The van der Waals surface area contributed by atoms with E-state index in [0.717, 1.165) is 45.2 Å². The van der Waals surface area contributed by atoms with Crippen molar-refractivity contribution >= 4 is 5.78 Å². The number of hydrogen-bond acceptors (Lipinski definition) is 3. The van der Waals surface area contributed by atoms with E-state index < -0.39 is 5.60 Å². The van der Waals surface area contributed by atoms with Gasteiger partial charge in [-0.1, -0.05) is 19.8 Å². The molecule has 3 heteroatoms. The van der Waals surface area contributed by atoms with E-state index >= 15 is 0 Å². The van der Waals surface area contributed by atoms with Crippen molar-refractivity contribution in [2.45, 2.75) is 57.5 Å². The number of carbonyl (C=O) groups is 1. The lowest BCUT2D eigenvalue weighted by molar-refractivity contribution is -0.118. The van der Waals surface area contributed by atoms with Gasteiger partial charge in [-0.3, -0.25) is 4.79 Å². The van der Waals surface area contributed by atoms with Gasteiger partial charge in [-0.05, 0) is 32.9 Å². The van der Waals surface area contributed by atoms with Crippen molar-refractivity contribution in [3.05, 3.63) is 0 Å². The summed E-state index contributed by atoms with van der Waals surface area (Å²) in [6.45, 7) is 3.58. The molecule has 16 heavy (non-hydrogen) atoms. The quantitative estimate of drug-likeness (QED) is 0.723. The SMILES string of the molecule is CCC(=O)CCCN(C)CC1(O)CCCC1. The van der Waals surface area contributed by atoms with Crippen molar-refractivity contribution in [3.8, 4) is 0 Å². The summed E-state index contributed by atoms with van der Waals surface area (Å²) in [5, 5.41) is 10.2. The fourth-order valence-corrected chi connectivity index (χ4v) is 2.50. The van der Waals surface area contributed by atoms with Gasteiger partial charge in [-0.2, -0.15) is 0 Å². The van der Waals surface area contributed by atoms with E-state index in [4.69, 9.17) is 0 Å². The third-order valence-corrected chi connectivity index (χ3v) is 3.49. The third-order valence-electron chi connectivity index (χ3n) is 3.49. The van der Waals surface area contributed by atoms with Crippen LogP contribution in [0.4, 0.5) is 0 Å². The summed E-state index contributed by atoms with van der Waals surface area (Å²) >= 11 is 0. The lowest BCUT2D eigenvalue weighted by Crippen LogP contribution is -2.39. The summed E-state index contributed by atoms with van der Waals surface area (Å²) in [6, 6.07) is 0. The van der Waals surface area contributed by atoms with E-state index in [9.17, 15) is 9.90 Å². The first-order valence-electron chi connectivity index (χ1n) is 6.48. The second kappa shape index (κ2) is 6.36. The zero-order valence-corrected chi connectivity index (χ0v) is 10.7. The molecular weight excluding hydrogens is 202 g/mol. The maximum absolute atomic E-state index is 11.1. The molecule has 0 atom stereocenters. The fourth-order valence-electron chi connectivity index (χ4n) is 2.50. The number of carbonyl (C=O) groups excluding carboxylic acids is 1. The Morgan fingerprint density at radius 2 is 2.00 bits per heavy atom. The Morgan fingerprint density at radius 3 is 2.56 bits per heavy atom. The summed E-state index contributed by atoms with van der Waals surface area (Å²) in [5.74, 6) is 0.341. The normalized spacial score (nSPS) is 19.2. The molecule has 1 saturated carbocycles. The minimum Gasteiger partial charge on any atom is -0.389 e. The van der Waals surface area contributed by atoms with Crippen LogP contribution in [0.25, 0.3) is 0 Å². The molecule has 1 aliphatic carbocycles. The van der Waals surface area contributed by atoms with Crippen LogP contribution in [-0.2, 0) is 4.79 Å². The maximum atomic E-state index is 11.1. The zero-order valence-electron chi connectivity index (χ0n) is 10.7. The molecule has 0 radical (unpaired) electrons. The second-order valence-corrected chi connectivity index (χ2v) is 5.17. The van der Waals surface area contributed by atoms with E-state index in [1.54, 1.807) is 0 Å². The first-order chi connectivity index (χ1) is 7.56. The van der Waals surface area contributed by atoms with Gasteiger partial charge in [0.1, 0.15) is 5.78 Å². The molecule has 1 fully saturated rings. The summed E-state index contributed by atoms with van der Waals surface area (Å²) in [4.78, 5) is 13.3. The van der Waals surface area contributed by atoms with Crippen LogP contribution in [0.5, 0.6) is 0 Å². The van der Waals surface area contributed by atoms with Gasteiger partial charge in [0, 0.05) is 19.4 Å². The lowest BCUT2D eigenvalue weighted by Gasteiger charge is -2.28. The Labute approximate surface area is 98.8 Å². The van der Waals surface area contributed by atoms with Crippen molar-refractivity contribution in [2.24, 2.45) is 0 Å². The first-order valence-corrected chi connectivity index (χ1v) is 6.48. The molecule has 0 aromatic heterocycles. The van der Waals surface area contributed by atoms with Gasteiger partial charge >= 0.3 is 0 Å². The highest BCUT2D eigenvalue weighted by Gasteiger charge is 2.31. The molecule has 94 valence electrons. The second-order valence-electron chi connectivity index (χ2n) is 5.17. The standard InChI is InChI=1S/C13H25NO2/c1-3-12(15)7-6-10-14(2)11-13(16)8-4-5-9-13/h16H,3-11H2,1-2H3. The topological polar surface area (TPSA) is 40.5 Å². The summed E-state index contributed by atoms with van der Waals surface area (Å²) in [6.07, 6.45) is 6.42. The monoisotopic (exact) mass is 227 g/mol. The molecule has 1 aliphatic rings. The average Bonchev–Trinajstić information content (AvgIpc) is 2.64. The zero-order chi connectivity index (χ0) is 12.0. The van der Waals surface area contributed by atoms with Crippen molar-refractivity contribution in [1.82, 2.24) is 4.90 Å². The summed E-state index contributed by atoms with van der Waals surface area (Å²) in [7, 11) is 2.03. The van der Waals surface area contributed by atoms with E-state index in [-0.39, 0.29) is 0 Å². The molecule has 0 spiro atoms. The van der Waals surface area contributed by atoms with Crippen molar-refractivity contribution in [3.63, 3.8) is 0 Å². The number of likely N-dealkylation sites (N-methyl/N-ethyl adjacent to an activating group) is 1. The number of aliphatic hydroxyl groups is 1. The molecule has 3 nitrogen and oxygen atoms in total. The minimum absolute atomic E-state index is 0.341. The highest BCUT2D eigenvalue weighted by atomic mass is 16.3. The van der Waals surface area contributed by atoms with Crippen molar-refractivity contribution in [2.75, 3.05) is 20.1 Å². The number of ketones is 1. The molecule has 0 heterocycles. The van der Waals surface area contributed by atoms with E-state index in [2.05, 4.69) is 4.90 Å². The van der Waals surface area contributed by atoms with Crippen LogP contribution in [-0.4, -0.2) is 41.5 Å². The van der Waals surface area contributed by atoms with Crippen LogP contribution in [0, 0.1) is 0 Å². The van der Waals surface area contributed by atoms with E-state index in [1.165, 1.54) is 0 Å².